The Morgan fingerprint density at radius 2 is 1.95 bits per heavy atom. The number of piperidine rings is 1. The van der Waals surface area contributed by atoms with Crippen LogP contribution in [0.1, 0.15) is 30.7 Å². The molecule has 0 radical (unpaired) electrons. The number of ether oxygens (including phenoxy) is 1. The highest BCUT2D eigenvalue weighted by atomic mass is 16.5. The van der Waals surface area contributed by atoms with Crippen molar-refractivity contribution in [3.8, 4) is 5.75 Å². The molecule has 2 unspecified atom stereocenters. The lowest BCUT2D eigenvalue weighted by molar-refractivity contribution is -0.125. The number of nitrogens with one attached hydrogen (secondary N) is 1. The molecule has 2 saturated heterocycles. The van der Waals surface area contributed by atoms with E-state index in [1.54, 1.807) is 12.0 Å². The summed E-state index contributed by atoms with van der Waals surface area (Å²) in [6, 6.07) is 7.26. The van der Waals surface area contributed by atoms with Gasteiger partial charge in [0.25, 0.3) is 0 Å². The number of hydrogen-bond donors (Lipinski definition) is 1. The first-order chi connectivity index (χ1) is 9.70. The predicted octanol–water partition coefficient (Wildman–Crippen LogP) is 1.88. The van der Waals surface area contributed by atoms with Gasteiger partial charge in [0.1, 0.15) is 5.75 Å². The Morgan fingerprint density at radius 3 is 2.65 bits per heavy atom. The van der Waals surface area contributed by atoms with Crippen LogP contribution in [-0.2, 0) is 4.79 Å². The van der Waals surface area contributed by atoms with Crippen LogP contribution in [0.2, 0.25) is 0 Å². The maximum Gasteiger partial charge on any atom is 0.324 e. The first kappa shape index (κ1) is 13.0. The largest absolute Gasteiger partial charge is 0.497 e. The number of benzene rings is 1. The number of imide groups is 1. The Hall–Kier alpha value is -2.04. The monoisotopic (exact) mass is 274 g/mol. The maximum absolute atomic E-state index is 12.2. The number of carbonyl (C=O) groups is 2. The van der Waals surface area contributed by atoms with Gasteiger partial charge in [-0.3, -0.25) is 10.1 Å². The van der Waals surface area contributed by atoms with Crippen LogP contribution < -0.4 is 10.1 Å². The highest BCUT2D eigenvalue weighted by molar-refractivity contribution is 6.01. The van der Waals surface area contributed by atoms with Gasteiger partial charge in [-0.2, -0.15) is 0 Å². The molecule has 2 aliphatic rings. The molecule has 20 heavy (non-hydrogen) atoms. The third-order valence-corrected chi connectivity index (χ3v) is 4.18. The minimum atomic E-state index is -0.279. The fourth-order valence-electron chi connectivity index (χ4n) is 3.17. The molecule has 0 bridgehead atoms. The van der Waals surface area contributed by atoms with Crippen LogP contribution in [0.4, 0.5) is 4.79 Å². The Kier molecular flexibility index (Phi) is 3.34. The lowest BCUT2D eigenvalue weighted by Gasteiger charge is -2.43. The molecule has 0 aliphatic carbocycles. The molecule has 2 atom stereocenters. The molecule has 106 valence electrons. The number of methoxy groups -OCH3 is 1. The zero-order valence-electron chi connectivity index (χ0n) is 11.5. The molecule has 1 aromatic carbocycles. The van der Waals surface area contributed by atoms with Gasteiger partial charge < -0.3 is 9.64 Å². The average molecular weight is 274 g/mol. The van der Waals surface area contributed by atoms with E-state index < -0.39 is 0 Å². The highest BCUT2D eigenvalue weighted by Crippen LogP contribution is 2.34. The predicted molar refractivity (Wildman–Crippen MR) is 73.6 cm³/mol. The zero-order chi connectivity index (χ0) is 14.1. The third kappa shape index (κ3) is 2.13. The number of carbonyl (C=O) groups excluding carboxylic acids is 2. The quantitative estimate of drug-likeness (QED) is 0.896. The van der Waals surface area contributed by atoms with E-state index in [1.165, 1.54) is 0 Å². The Labute approximate surface area is 117 Å². The molecule has 1 aromatic rings. The lowest BCUT2D eigenvalue weighted by atomic mass is 9.83. The molecule has 3 rings (SSSR count). The van der Waals surface area contributed by atoms with Crippen LogP contribution >= 0.6 is 0 Å². The first-order valence-electron chi connectivity index (χ1n) is 6.96. The summed E-state index contributed by atoms with van der Waals surface area (Å²) in [5.74, 6) is 0.295. The van der Waals surface area contributed by atoms with E-state index in [1.807, 2.05) is 24.3 Å². The van der Waals surface area contributed by atoms with E-state index in [-0.39, 0.29) is 23.9 Å². The van der Waals surface area contributed by atoms with Crippen molar-refractivity contribution in [1.82, 2.24) is 10.2 Å². The minimum absolute atomic E-state index is 0.0154. The number of nitrogens with zero attached hydrogens (tertiary/aromatic N) is 1. The molecular formula is C15H18N2O3. The van der Waals surface area contributed by atoms with E-state index in [9.17, 15) is 9.59 Å². The van der Waals surface area contributed by atoms with Gasteiger partial charge in [0.05, 0.1) is 13.0 Å². The Morgan fingerprint density at radius 1 is 1.20 bits per heavy atom. The van der Waals surface area contributed by atoms with E-state index in [2.05, 4.69) is 5.32 Å². The summed E-state index contributed by atoms with van der Waals surface area (Å²) in [4.78, 5) is 25.9. The minimum Gasteiger partial charge on any atom is -0.497 e. The van der Waals surface area contributed by atoms with E-state index in [0.717, 1.165) is 37.1 Å². The Balaban J connectivity index is 1.92. The summed E-state index contributed by atoms with van der Waals surface area (Å²) in [5, 5.41) is 2.47. The normalized spacial score (nSPS) is 25.9. The topological polar surface area (TPSA) is 58.6 Å². The average Bonchev–Trinajstić information content (AvgIpc) is 2.48. The van der Waals surface area contributed by atoms with Crippen molar-refractivity contribution in [3.05, 3.63) is 29.8 Å². The van der Waals surface area contributed by atoms with Crippen LogP contribution in [0.25, 0.3) is 0 Å². The summed E-state index contributed by atoms with van der Waals surface area (Å²) in [6.07, 6.45) is 2.96. The van der Waals surface area contributed by atoms with Crippen molar-refractivity contribution in [3.63, 3.8) is 0 Å². The van der Waals surface area contributed by atoms with Gasteiger partial charge in [0, 0.05) is 12.6 Å². The van der Waals surface area contributed by atoms with Gasteiger partial charge in [0.15, 0.2) is 0 Å². The molecule has 0 aromatic heterocycles. The smallest absolute Gasteiger partial charge is 0.324 e. The van der Waals surface area contributed by atoms with Crippen molar-refractivity contribution < 1.29 is 14.3 Å². The van der Waals surface area contributed by atoms with Crippen LogP contribution in [0.15, 0.2) is 24.3 Å². The van der Waals surface area contributed by atoms with E-state index in [0.29, 0.717) is 0 Å². The van der Waals surface area contributed by atoms with Crippen molar-refractivity contribution in [2.24, 2.45) is 0 Å². The van der Waals surface area contributed by atoms with Crippen molar-refractivity contribution in [2.75, 3.05) is 13.7 Å². The molecular weight excluding hydrogens is 256 g/mol. The van der Waals surface area contributed by atoms with Crippen molar-refractivity contribution >= 4 is 11.9 Å². The SMILES string of the molecule is COc1ccc(C2C(=O)NC(=O)N3CCCCC23)cc1. The van der Waals surface area contributed by atoms with Gasteiger partial charge >= 0.3 is 6.03 Å². The molecule has 5 nitrogen and oxygen atoms in total. The van der Waals surface area contributed by atoms with Crippen molar-refractivity contribution in [2.45, 2.75) is 31.2 Å². The highest BCUT2D eigenvalue weighted by Gasteiger charge is 2.42. The summed E-state index contributed by atoms with van der Waals surface area (Å²) >= 11 is 0. The van der Waals surface area contributed by atoms with E-state index >= 15 is 0 Å². The van der Waals surface area contributed by atoms with Gasteiger partial charge in [-0.25, -0.2) is 4.79 Å². The summed E-state index contributed by atoms with van der Waals surface area (Å²) in [7, 11) is 1.61. The first-order valence-corrected chi connectivity index (χ1v) is 6.96. The Bertz CT molecular complexity index is 526. The number of fused-ring (bicyclic) bond motifs is 1. The van der Waals surface area contributed by atoms with Crippen LogP contribution in [0.3, 0.4) is 0 Å². The van der Waals surface area contributed by atoms with Gasteiger partial charge in [0.2, 0.25) is 5.91 Å². The molecule has 2 aliphatic heterocycles. The van der Waals surface area contributed by atoms with Crippen LogP contribution in [0.5, 0.6) is 5.75 Å². The molecule has 1 N–H and O–H groups in total. The molecule has 0 spiro atoms. The standard InChI is InChI=1S/C15H18N2O3/c1-20-11-7-5-10(6-8-11)13-12-4-2-3-9-17(12)15(19)16-14(13)18/h5-8,12-13H,2-4,9H2,1H3,(H,16,18,19). The van der Waals surface area contributed by atoms with Gasteiger partial charge in [-0.15, -0.1) is 0 Å². The second-order valence-corrected chi connectivity index (χ2v) is 5.30. The molecule has 0 saturated carbocycles. The number of hydrogen-bond acceptors (Lipinski definition) is 3. The van der Waals surface area contributed by atoms with Gasteiger partial charge in [-0.1, -0.05) is 12.1 Å². The molecule has 2 fully saturated rings. The van der Waals surface area contributed by atoms with Gasteiger partial charge in [-0.05, 0) is 37.0 Å². The van der Waals surface area contributed by atoms with Crippen molar-refractivity contribution in [1.29, 1.82) is 0 Å². The zero-order valence-corrected chi connectivity index (χ0v) is 11.5. The lowest BCUT2D eigenvalue weighted by Crippen LogP contribution is -2.60. The summed E-state index contributed by atoms with van der Waals surface area (Å²) in [6.45, 7) is 0.733. The molecule has 3 amide bonds. The number of urea groups is 1. The van der Waals surface area contributed by atoms with Crippen LogP contribution in [-0.4, -0.2) is 36.5 Å². The number of rotatable bonds is 2. The summed E-state index contributed by atoms with van der Waals surface area (Å²) < 4.78 is 5.14. The second-order valence-electron chi connectivity index (χ2n) is 5.30. The fraction of sp³-hybridized carbons (Fsp3) is 0.467. The van der Waals surface area contributed by atoms with Crippen LogP contribution in [0, 0.1) is 0 Å². The molecule has 2 heterocycles. The maximum atomic E-state index is 12.2. The van der Waals surface area contributed by atoms with E-state index in [4.69, 9.17) is 4.74 Å². The second kappa shape index (κ2) is 5.15. The molecule has 5 heteroatoms. The summed E-state index contributed by atoms with van der Waals surface area (Å²) in [5.41, 5.74) is 0.938. The number of amides is 3. The third-order valence-electron chi connectivity index (χ3n) is 4.18. The fourth-order valence-corrected chi connectivity index (χ4v) is 3.17.